The maximum atomic E-state index is 12.1. The molecule has 2 atom stereocenters. The summed E-state index contributed by atoms with van der Waals surface area (Å²) in [5.74, 6) is 0.174. The van der Waals surface area contributed by atoms with E-state index in [9.17, 15) is 9.59 Å². The number of fused-ring (bicyclic) bond motifs is 1. The first-order valence-electron chi connectivity index (χ1n) is 7.79. The SMILES string of the molecule is C[C@@H]1CCN(C(=O)CC(N)=O)C[C@@H]1N(S)c1ncnc2[nH]ccc12. The summed E-state index contributed by atoms with van der Waals surface area (Å²) in [6, 6.07) is 1.88. The lowest BCUT2D eigenvalue weighted by molar-refractivity contribution is -0.136. The Balaban J connectivity index is 1.82. The van der Waals surface area contributed by atoms with E-state index in [4.69, 9.17) is 5.73 Å². The first kappa shape index (κ1) is 16.6. The lowest BCUT2D eigenvalue weighted by Crippen LogP contribution is -2.51. The molecule has 0 bridgehead atoms. The van der Waals surface area contributed by atoms with Crippen LogP contribution >= 0.6 is 12.8 Å². The fourth-order valence-electron chi connectivity index (χ4n) is 3.05. The topological polar surface area (TPSA) is 108 Å². The number of carbonyl (C=O) groups is 2. The second-order valence-electron chi connectivity index (χ2n) is 6.10. The van der Waals surface area contributed by atoms with Crippen molar-refractivity contribution in [2.45, 2.75) is 25.8 Å². The van der Waals surface area contributed by atoms with Gasteiger partial charge in [0.1, 0.15) is 18.4 Å². The van der Waals surface area contributed by atoms with Gasteiger partial charge >= 0.3 is 0 Å². The van der Waals surface area contributed by atoms with Crippen molar-refractivity contribution in [3.05, 3.63) is 18.6 Å². The van der Waals surface area contributed by atoms with Crippen molar-refractivity contribution in [3.63, 3.8) is 0 Å². The van der Waals surface area contributed by atoms with E-state index in [-0.39, 0.29) is 18.4 Å². The van der Waals surface area contributed by atoms with E-state index in [2.05, 4.69) is 34.7 Å². The highest BCUT2D eigenvalue weighted by Gasteiger charge is 2.33. The number of nitrogens with two attached hydrogens (primary N) is 1. The maximum absolute atomic E-state index is 12.1. The Hall–Kier alpha value is -2.29. The summed E-state index contributed by atoms with van der Waals surface area (Å²) in [6.45, 7) is 3.22. The molecule has 1 aliphatic heterocycles. The number of nitrogens with one attached hydrogen (secondary N) is 1. The molecule has 2 amide bonds. The lowest BCUT2D eigenvalue weighted by atomic mass is 9.93. The molecule has 128 valence electrons. The highest BCUT2D eigenvalue weighted by Crippen LogP contribution is 2.31. The van der Waals surface area contributed by atoms with Crippen molar-refractivity contribution in [2.75, 3.05) is 17.4 Å². The minimum atomic E-state index is -0.609. The normalized spacial score (nSPS) is 21.0. The molecule has 9 heteroatoms. The first-order chi connectivity index (χ1) is 11.5. The third-order valence-corrected chi connectivity index (χ3v) is 4.95. The molecule has 8 nitrogen and oxygen atoms in total. The zero-order valence-corrected chi connectivity index (χ0v) is 14.2. The Kier molecular flexibility index (Phi) is 4.61. The van der Waals surface area contributed by atoms with E-state index in [1.54, 1.807) is 15.4 Å². The highest BCUT2D eigenvalue weighted by molar-refractivity contribution is 7.81. The predicted molar refractivity (Wildman–Crippen MR) is 93.3 cm³/mol. The largest absolute Gasteiger partial charge is 0.369 e. The van der Waals surface area contributed by atoms with Crippen LogP contribution < -0.4 is 10.0 Å². The minimum Gasteiger partial charge on any atom is -0.369 e. The van der Waals surface area contributed by atoms with Gasteiger partial charge in [-0.15, -0.1) is 0 Å². The zero-order chi connectivity index (χ0) is 17.3. The summed E-state index contributed by atoms with van der Waals surface area (Å²) in [6.07, 6.45) is 3.86. The zero-order valence-electron chi connectivity index (χ0n) is 13.3. The van der Waals surface area contributed by atoms with Crippen molar-refractivity contribution in [1.82, 2.24) is 19.9 Å². The summed E-state index contributed by atoms with van der Waals surface area (Å²) < 4.78 is 1.80. The number of hydrogen-bond acceptors (Lipinski definition) is 6. The van der Waals surface area contributed by atoms with E-state index in [0.717, 1.165) is 17.5 Å². The number of carbonyl (C=O) groups excluding carboxylic acids is 2. The molecular formula is C15H20N6O2S. The number of amides is 2. The van der Waals surface area contributed by atoms with Gasteiger partial charge in [0, 0.05) is 19.3 Å². The monoisotopic (exact) mass is 348 g/mol. The number of aromatic amines is 1. The van der Waals surface area contributed by atoms with Crippen LogP contribution in [0.3, 0.4) is 0 Å². The number of anilines is 1. The van der Waals surface area contributed by atoms with E-state index < -0.39 is 5.91 Å². The van der Waals surface area contributed by atoms with Gasteiger partial charge < -0.3 is 15.6 Å². The number of aromatic nitrogens is 3. The quantitative estimate of drug-likeness (QED) is 0.557. The second-order valence-corrected chi connectivity index (χ2v) is 6.53. The average Bonchev–Trinajstić information content (AvgIpc) is 3.02. The first-order valence-corrected chi connectivity index (χ1v) is 8.19. The number of rotatable bonds is 4. The fourth-order valence-corrected chi connectivity index (χ4v) is 3.51. The van der Waals surface area contributed by atoms with E-state index in [1.165, 1.54) is 6.33 Å². The molecule has 0 aliphatic carbocycles. The molecular weight excluding hydrogens is 328 g/mol. The molecule has 0 spiro atoms. The second kappa shape index (κ2) is 6.68. The van der Waals surface area contributed by atoms with Crippen molar-refractivity contribution >= 4 is 41.5 Å². The third-order valence-electron chi connectivity index (χ3n) is 4.46. The van der Waals surface area contributed by atoms with Crippen molar-refractivity contribution in [3.8, 4) is 0 Å². The lowest BCUT2D eigenvalue weighted by Gasteiger charge is -2.41. The van der Waals surface area contributed by atoms with Crippen LogP contribution in [0, 0.1) is 5.92 Å². The summed E-state index contributed by atoms with van der Waals surface area (Å²) in [5.41, 5.74) is 5.87. The molecule has 24 heavy (non-hydrogen) atoms. The number of nitrogens with zero attached hydrogens (tertiary/aromatic N) is 4. The third kappa shape index (κ3) is 3.16. The number of piperidine rings is 1. The molecule has 3 N–H and O–H groups in total. The Bertz CT molecular complexity index is 763. The molecule has 3 rings (SSSR count). The van der Waals surface area contributed by atoms with Gasteiger partial charge in [0.15, 0.2) is 5.82 Å². The van der Waals surface area contributed by atoms with Gasteiger partial charge in [0.25, 0.3) is 0 Å². The van der Waals surface area contributed by atoms with Crippen molar-refractivity contribution in [1.29, 1.82) is 0 Å². The van der Waals surface area contributed by atoms with Crippen LogP contribution in [0.25, 0.3) is 11.0 Å². The summed E-state index contributed by atoms with van der Waals surface area (Å²) in [5, 5.41) is 0.875. The van der Waals surface area contributed by atoms with Crippen LogP contribution in [0.4, 0.5) is 5.82 Å². The Morgan fingerprint density at radius 3 is 3.04 bits per heavy atom. The van der Waals surface area contributed by atoms with Gasteiger partial charge in [-0.05, 0) is 18.4 Å². The van der Waals surface area contributed by atoms with Gasteiger partial charge in [-0.1, -0.05) is 19.7 Å². The summed E-state index contributed by atoms with van der Waals surface area (Å²) in [4.78, 5) is 36.4. The Morgan fingerprint density at radius 2 is 2.29 bits per heavy atom. The van der Waals surface area contributed by atoms with Crippen molar-refractivity contribution in [2.24, 2.45) is 11.7 Å². The van der Waals surface area contributed by atoms with Crippen molar-refractivity contribution < 1.29 is 9.59 Å². The van der Waals surface area contributed by atoms with Gasteiger partial charge in [-0.3, -0.25) is 13.9 Å². The van der Waals surface area contributed by atoms with Gasteiger partial charge in [-0.2, -0.15) is 0 Å². The Morgan fingerprint density at radius 1 is 1.50 bits per heavy atom. The van der Waals surface area contributed by atoms with Crippen LogP contribution in [0.2, 0.25) is 0 Å². The smallest absolute Gasteiger partial charge is 0.232 e. The predicted octanol–water partition coefficient (Wildman–Crippen LogP) is 0.722. The van der Waals surface area contributed by atoms with E-state index >= 15 is 0 Å². The van der Waals surface area contributed by atoms with E-state index in [0.29, 0.717) is 24.8 Å². The number of H-pyrrole nitrogens is 1. The highest BCUT2D eigenvalue weighted by atomic mass is 32.1. The standard InChI is InChI=1S/C15H20N6O2S/c1-9-3-5-20(13(23)6-12(16)22)7-11(9)21(24)15-10-2-4-17-14(10)18-8-19-15/h2,4,8-9,11,24H,3,5-7H2,1H3,(H2,16,22)(H,17,18,19)/t9-,11+/m1/s1. The molecule has 3 heterocycles. The molecule has 0 aromatic carbocycles. The molecule has 1 saturated heterocycles. The summed E-state index contributed by atoms with van der Waals surface area (Å²) in [7, 11) is 0. The molecule has 0 saturated carbocycles. The van der Waals surface area contributed by atoms with Gasteiger partial charge in [0.2, 0.25) is 11.8 Å². The molecule has 0 unspecified atom stereocenters. The molecule has 1 fully saturated rings. The average molecular weight is 348 g/mol. The van der Waals surface area contributed by atoms with Gasteiger partial charge in [-0.25, -0.2) is 9.97 Å². The van der Waals surface area contributed by atoms with Crippen LogP contribution in [0.5, 0.6) is 0 Å². The molecule has 0 radical (unpaired) electrons. The number of primary amides is 1. The molecule has 2 aromatic heterocycles. The molecule has 2 aromatic rings. The number of likely N-dealkylation sites (tertiary alicyclic amines) is 1. The fraction of sp³-hybridized carbons (Fsp3) is 0.467. The minimum absolute atomic E-state index is 0.0214. The Labute approximate surface area is 145 Å². The molecule has 1 aliphatic rings. The maximum Gasteiger partial charge on any atom is 0.232 e. The van der Waals surface area contributed by atoms with Crippen LogP contribution in [0.15, 0.2) is 18.6 Å². The van der Waals surface area contributed by atoms with E-state index in [1.807, 2.05) is 6.07 Å². The summed E-state index contributed by atoms with van der Waals surface area (Å²) >= 11 is 4.65. The van der Waals surface area contributed by atoms with Gasteiger partial charge in [0.05, 0.1) is 11.4 Å². The van der Waals surface area contributed by atoms with Crippen LogP contribution in [-0.2, 0) is 9.59 Å². The van der Waals surface area contributed by atoms with Crippen LogP contribution in [0.1, 0.15) is 19.8 Å². The number of hydrogen-bond donors (Lipinski definition) is 3. The van der Waals surface area contributed by atoms with Crippen LogP contribution in [-0.4, -0.2) is 50.8 Å². The number of thiol groups is 1.